The summed E-state index contributed by atoms with van der Waals surface area (Å²) in [4.78, 5) is 14.5. The highest BCUT2D eigenvalue weighted by atomic mass is 16.5. The van der Waals surface area contributed by atoms with Crippen LogP contribution in [0.3, 0.4) is 0 Å². The van der Waals surface area contributed by atoms with Gasteiger partial charge in [0.1, 0.15) is 0 Å². The molecular weight excluding hydrogens is 234 g/mol. The minimum atomic E-state index is -1.19. The molecule has 0 atom stereocenters. The fraction of sp³-hybridized carbons (Fsp3) is 0.250. The number of hydrogen-bond donors (Lipinski definition) is 2. The van der Waals surface area contributed by atoms with E-state index in [0.29, 0.717) is 0 Å². The fourth-order valence-electron chi connectivity index (χ4n) is 2.04. The third-order valence-corrected chi connectivity index (χ3v) is 2.96. The van der Waals surface area contributed by atoms with Crippen LogP contribution in [0.25, 0.3) is 11.5 Å². The van der Waals surface area contributed by atoms with Crippen molar-refractivity contribution in [2.24, 2.45) is 0 Å². The number of carbonyl (C=O) groups is 1. The van der Waals surface area contributed by atoms with Gasteiger partial charge in [0.2, 0.25) is 0 Å². The van der Waals surface area contributed by atoms with Gasteiger partial charge in [-0.3, -0.25) is 0 Å². The molecule has 3 rings (SSSR count). The molecule has 0 amide bonds. The molecule has 0 bridgehead atoms. The van der Waals surface area contributed by atoms with Crippen molar-refractivity contribution in [2.75, 3.05) is 6.54 Å². The van der Waals surface area contributed by atoms with Crippen LogP contribution in [0.4, 0.5) is 0 Å². The number of hydrogen-bond acceptors (Lipinski definition) is 5. The zero-order valence-corrected chi connectivity index (χ0v) is 9.51. The average Bonchev–Trinajstić information content (AvgIpc) is 2.88. The van der Waals surface area contributed by atoms with Gasteiger partial charge in [-0.15, -0.1) is 0 Å². The van der Waals surface area contributed by atoms with Gasteiger partial charge in [0, 0.05) is 12.1 Å². The van der Waals surface area contributed by atoms with E-state index in [1.54, 1.807) is 0 Å². The van der Waals surface area contributed by atoms with Gasteiger partial charge in [-0.2, -0.15) is 4.98 Å². The second-order valence-corrected chi connectivity index (χ2v) is 4.14. The molecule has 0 saturated carbocycles. The van der Waals surface area contributed by atoms with Crippen LogP contribution in [-0.2, 0) is 13.0 Å². The highest BCUT2D eigenvalue weighted by molar-refractivity contribution is 5.83. The van der Waals surface area contributed by atoms with Gasteiger partial charge in [-0.1, -0.05) is 6.07 Å². The Morgan fingerprint density at radius 2 is 2.28 bits per heavy atom. The maximum atomic E-state index is 10.7. The third kappa shape index (κ3) is 1.86. The summed E-state index contributed by atoms with van der Waals surface area (Å²) < 4.78 is 4.94. The summed E-state index contributed by atoms with van der Waals surface area (Å²) in [5, 5.41) is 15.4. The number of nitrogens with zero attached hydrogens (tertiary/aromatic N) is 2. The molecule has 0 spiro atoms. The summed E-state index contributed by atoms with van der Waals surface area (Å²) in [7, 11) is 0. The molecule has 2 aromatic rings. The molecule has 0 radical (unpaired) electrons. The molecule has 2 N–H and O–H groups in total. The topological polar surface area (TPSA) is 88.2 Å². The Morgan fingerprint density at radius 1 is 1.39 bits per heavy atom. The normalized spacial score (nSPS) is 14.2. The second-order valence-electron chi connectivity index (χ2n) is 4.14. The molecule has 1 aromatic heterocycles. The van der Waals surface area contributed by atoms with Crippen LogP contribution in [0.2, 0.25) is 0 Å². The predicted molar refractivity (Wildman–Crippen MR) is 62.1 cm³/mol. The van der Waals surface area contributed by atoms with Crippen molar-refractivity contribution >= 4 is 5.97 Å². The first kappa shape index (κ1) is 10.9. The average molecular weight is 245 g/mol. The van der Waals surface area contributed by atoms with Crippen molar-refractivity contribution in [3.8, 4) is 11.5 Å². The second kappa shape index (κ2) is 4.23. The van der Waals surface area contributed by atoms with Crippen molar-refractivity contribution in [2.45, 2.75) is 13.0 Å². The number of nitrogens with one attached hydrogen (secondary N) is 1. The summed E-state index contributed by atoms with van der Waals surface area (Å²) in [6, 6.07) is 5.86. The molecule has 1 aliphatic heterocycles. The van der Waals surface area contributed by atoms with Gasteiger partial charge in [0.15, 0.2) is 0 Å². The first-order valence-corrected chi connectivity index (χ1v) is 5.64. The highest BCUT2D eigenvalue weighted by Crippen LogP contribution is 2.23. The van der Waals surface area contributed by atoms with E-state index in [0.717, 1.165) is 25.1 Å². The lowest BCUT2D eigenvalue weighted by Gasteiger charge is -2.16. The Bertz CT molecular complexity index is 606. The van der Waals surface area contributed by atoms with Crippen LogP contribution in [-0.4, -0.2) is 27.8 Å². The monoisotopic (exact) mass is 245 g/mol. The molecule has 0 aliphatic carbocycles. The van der Waals surface area contributed by atoms with E-state index in [4.69, 9.17) is 9.63 Å². The summed E-state index contributed by atoms with van der Waals surface area (Å²) >= 11 is 0. The van der Waals surface area contributed by atoms with E-state index in [2.05, 4.69) is 15.5 Å². The third-order valence-electron chi connectivity index (χ3n) is 2.96. The molecule has 0 fully saturated rings. The van der Waals surface area contributed by atoms with Crippen molar-refractivity contribution in [1.82, 2.24) is 15.5 Å². The number of benzene rings is 1. The van der Waals surface area contributed by atoms with Crippen molar-refractivity contribution < 1.29 is 14.4 Å². The Labute approximate surface area is 103 Å². The maximum absolute atomic E-state index is 10.7. The van der Waals surface area contributed by atoms with Gasteiger partial charge < -0.3 is 14.9 Å². The van der Waals surface area contributed by atoms with E-state index in [-0.39, 0.29) is 11.7 Å². The number of carboxylic acids is 1. The van der Waals surface area contributed by atoms with Crippen LogP contribution in [0.1, 0.15) is 21.7 Å². The zero-order valence-electron chi connectivity index (χ0n) is 9.51. The van der Waals surface area contributed by atoms with E-state index < -0.39 is 5.97 Å². The van der Waals surface area contributed by atoms with Crippen molar-refractivity contribution in [1.29, 1.82) is 0 Å². The maximum Gasteiger partial charge on any atom is 0.377 e. The lowest BCUT2D eigenvalue weighted by atomic mass is 9.98. The molecular formula is C12H11N3O3. The van der Waals surface area contributed by atoms with E-state index in [9.17, 15) is 4.79 Å². The molecule has 1 aliphatic rings. The van der Waals surface area contributed by atoms with Crippen LogP contribution < -0.4 is 5.32 Å². The Kier molecular flexibility index (Phi) is 2.56. The van der Waals surface area contributed by atoms with Gasteiger partial charge in [0.25, 0.3) is 11.7 Å². The number of fused-ring (bicyclic) bond motifs is 1. The first-order chi connectivity index (χ1) is 8.74. The van der Waals surface area contributed by atoms with Gasteiger partial charge in [0.05, 0.1) is 0 Å². The van der Waals surface area contributed by atoms with Gasteiger partial charge >= 0.3 is 5.97 Å². The molecule has 6 heteroatoms. The van der Waals surface area contributed by atoms with Gasteiger partial charge in [-0.25, -0.2) is 4.79 Å². The van der Waals surface area contributed by atoms with Crippen LogP contribution in [0.15, 0.2) is 22.7 Å². The van der Waals surface area contributed by atoms with Gasteiger partial charge in [-0.05, 0) is 41.4 Å². The molecule has 0 saturated heterocycles. The van der Waals surface area contributed by atoms with E-state index >= 15 is 0 Å². The molecule has 2 heterocycles. The number of carboxylic acid groups (broad SMARTS) is 1. The zero-order chi connectivity index (χ0) is 12.5. The predicted octanol–water partition coefficient (Wildman–Crippen LogP) is 1.08. The molecule has 1 aromatic carbocycles. The number of aromatic carboxylic acids is 1. The van der Waals surface area contributed by atoms with Crippen molar-refractivity contribution in [3.05, 3.63) is 35.2 Å². The fourth-order valence-corrected chi connectivity index (χ4v) is 2.04. The van der Waals surface area contributed by atoms with Crippen LogP contribution in [0, 0.1) is 0 Å². The van der Waals surface area contributed by atoms with Crippen LogP contribution >= 0.6 is 0 Å². The summed E-state index contributed by atoms with van der Waals surface area (Å²) in [6.45, 7) is 1.79. The van der Waals surface area contributed by atoms with Crippen molar-refractivity contribution in [3.63, 3.8) is 0 Å². The minimum Gasteiger partial charge on any atom is -0.475 e. The standard InChI is InChI=1S/C12H11N3O3/c16-12(17)10-14-11(18-15-10)8-2-1-7-3-4-13-6-9(7)5-8/h1-2,5,13H,3-4,6H2,(H,16,17). The van der Waals surface area contributed by atoms with E-state index in [1.165, 1.54) is 11.1 Å². The quantitative estimate of drug-likeness (QED) is 0.823. The smallest absolute Gasteiger partial charge is 0.377 e. The first-order valence-electron chi connectivity index (χ1n) is 5.64. The summed E-state index contributed by atoms with van der Waals surface area (Å²) in [5.41, 5.74) is 3.24. The molecule has 6 nitrogen and oxygen atoms in total. The lowest BCUT2D eigenvalue weighted by Crippen LogP contribution is -2.23. The molecule has 18 heavy (non-hydrogen) atoms. The Balaban J connectivity index is 1.98. The lowest BCUT2D eigenvalue weighted by molar-refractivity contribution is 0.0680. The molecule has 92 valence electrons. The van der Waals surface area contributed by atoms with Crippen LogP contribution in [0.5, 0.6) is 0 Å². The minimum absolute atomic E-state index is 0.237. The summed E-state index contributed by atoms with van der Waals surface area (Å²) in [5.74, 6) is -1.27. The highest BCUT2D eigenvalue weighted by Gasteiger charge is 2.16. The Morgan fingerprint density at radius 3 is 3.06 bits per heavy atom. The van der Waals surface area contributed by atoms with E-state index in [1.807, 2.05) is 18.2 Å². The number of aromatic nitrogens is 2. The molecule has 0 unspecified atom stereocenters. The summed E-state index contributed by atoms with van der Waals surface area (Å²) in [6.07, 6.45) is 1.000. The Hall–Kier alpha value is -2.21. The largest absolute Gasteiger partial charge is 0.475 e. The number of rotatable bonds is 2. The SMILES string of the molecule is O=C(O)c1noc(-c2ccc3c(c2)CNCC3)n1.